The van der Waals surface area contributed by atoms with Crippen LogP contribution in [0, 0.1) is 17.3 Å². The van der Waals surface area contributed by atoms with Crippen LogP contribution >= 0.6 is 7.26 Å². The number of carbonyl (C=O) groups is 1. The highest BCUT2D eigenvalue weighted by Gasteiger charge is 2.67. The maximum absolute atomic E-state index is 12.7. The molecule has 1 aliphatic carbocycles. The Morgan fingerprint density at radius 1 is 0.800 bits per heavy atom. The first-order valence-corrected chi connectivity index (χ1v) is 12.7. The van der Waals surface area contributed by atoms with Gasteiger partial charge >= 0.3 is 5.97 Å². The number of carbonyl (C=O) groups excluding carboxylic acids is 1. The number of rotatable bonds is 7. The van der Waals surface area contributed by atoms with Crippen LogP contribution in [0.2, 0.25) is 0 Å². The van der Waals surface area contributed by atoms with E-state index in [9.17, 15) is 4.79 Å². The maximum Gasteiger partial charge on any atom is 0.309 e. The van der Waals surface area contributed by atoms with Gasteiger partial charge in [-0.25, -0.2) is 0 Å². The van der Waals surface area contributed by atoms with E-state index in [0.29, 0.717) is 12.5 Å². The molecular weight excluding hydrogens is 387 g/mol. The highest BCUT2D eigenvalue weighted by Crippen LogP contribution is 2.68. The molecular formula is C27H30O2P+. The van der Waals surface area contributed by atoms with E-state index in [4.69, 9.17) is 4.74 Å². The van der Waals surface area contributed by atoms with Crippen molar-refractivity contribution in [3.05, 3.63) is 91.0 Å². The molecule has 4 rings (SSSR count). The minimum Gasteiger partial charge on any atom is -0.466 e. The van der Waals surface area contributed by atoms with Crippen molar-refractivity contribution >= 4 is 29.1 Å². The summed E-state index contributed by atoms with van der Waals surface area (Å²) in [6.45, 7) is 6.76. The lowest BCUT2D eigenvalue weighted by atomic mass is 10.1. The molecule has 2 atom stereocenters. The summed E-state index contributed by atoms with van der Waals surface area (Å²) in [6.07, 6.45) is 0.974. The molecule has 3 aromatic rings. The third-order valence-corrected chi connectivity index (χ3v) is 11.1. The summed E-state index contributed by atoms with van der Waals surface area (Å²) in [7, 11) is -1.93. The molecule has 0 bridgehead atoms. The van der Waals surface area contributed by atoms with E-state index in [0.717, 1.165) is 6.16 Å². The summed E-state index contributed by atoms with van der Waals surface area (Å²) in [6, 6.07) is 32.7. The molecule has 0 saturated heterocycles. The first-order valence-electron chi connectivity index (χ1n) is 10.7. The zero-order valence-corrected chi connectivity index (χ0v) is 18.9. The first kappa shape index (κ1) is 20.8. The zero-order chi connectivity index (χ0) is 21.2. The molecule has 0 radical (unpaired) electrons. The number of hydrogen-bond donors (Lipinski definition) is 0. The van der Waals surface area contributed by atoms with Crippen molar-refractivity contribution in [3.8, 4) is 0 Å². The SMILES string of the molecule is CCOC(=O)C1C(C[P+](c2ccccc2)(c2ccccc2)c2ccccc2)C1(C)C. The van der Waals surface area contributed by atoms with Crippen molar-refractivity contribution in [1.29, 1.82) is 0 Å². The molecule has 154 valence electrons. The Morgan fingerprint density at radius 3 is 1.57 bits per heavy atom. The predicted molar refractivity (Wildman–Crippen MR) is 127 cm³/mol. The summed E-state index contributed by atoms with van der Waals surface area (Å²) in [5.74, 6) is 0.221. The summed E-state index contributed by atoms with van der Waals surface area (Å²) in [5.41, 5.74) is -0.0458. The Labute approximate surface area is 180 Å². The van der Waals surface area contributed by atoms with Crippen molar-refractivity contribution in [2.24, 2.45) is 17.3 Å². The zero-order valence-electron chi connectivity index (χ0n) is 18.0. The number of benzene rings is 3. The van der Waals surface area contributed by atoms with Gasteiger partial charge in [0.1, 0.15) is 23.2 Å². The van der Waals surface area contributed by atoms with Gasteiger partial charge in [-0.05, 0) is 48.7 Å². The van der Waals surface area contributed by atoms with Crippen LogP contribution in [0.4, 0.5) is 0 Å². The third kappa shape index (κ3) is 3.59. The van der Waals surface area contributed by atoms with Gasteiger partial charge in [0.05, 0.1) is 18.7 Å². The molecule has 1 saturated carbocycles. The molecule has 2 unspecified atom stereocenters. The molecule has 1 fully saturated rings. The van der Waals surface area contributed by atoms with Gasteiger partial charge in [0.2, 0.25) is 0 Å². The Balaban J connectivity index is 1.87. The van der Waals surface area contributed by atoms with Crippen LogP contribution in [0.25, 0.3) is 0 Å². The molecule has 0 amide bonds. The summed E-state index contributed by atoms with van der Waals surface area (Å²) >= 11 is 0. The molecule has 30 heavy (non-hydrogen) atoms. The number of ether oxygens (including phenoxy) is 1. The Morgan fingerprint density at radius 2 is 1.20 bits per heavy atom. The fraction of sp³-hybridized carbons (Fsp3) is 0.296. The molecule has 3 heteroatoms. The maximum atomic E-state index is 12.7. The standard InChI is InChI=1S/C27H30O2P/c1-4-29-26(28)25-24(27(25,2)3)20-30(21-14-8-5-9-15-21,22-16-10-6-11-17-22)23-18-12-7-13-19-23/h5-19,24-25H,4,20H2,1-3H3/q+1. The largest absolute Gasteiger partial charge is 0.466 e. The summed E-state index contributed by atoms with van der Waals surface area (Å²) in [5, 5.41) is 4.10. The average molecular weight is 418 g/mol. The monoisotopic (exact) mass is 417 g/mol. The molecule has 0 N–H and O–H groups in total. The Hall–Kier alpha value is -2.44. The van der Waals surface area contributed by atoms with Gasteiger partial charge in [-0.15, -0.1) is 0 Å². The topological polar surface area (TPSA) is 26.3 Å². The van der Waals surface area contributed by atoms with Crippen LogP contribution in [-0.4, -0.2) is 18.7 Å². The first-order chi connectivity index (χ1) is 14.5. The van der Waals surface area contributed by atoms with Crippen LogP contribution in [0.15, 0.2) is 91.0 Å². The van der Waals surface area contributed by atoms with Crippen LogP contribution in [0.1, 0.15) is 20.8 Å². The predicted octanol–water partition coefficient (Wildman–Crippen LogP) is 4.82. The van der Waals surface area contributed by atoms with Crippen LogP contribution < -0.4 is 15.9 Å². The summed E-state index contributed by atoms with van der Waals surface area (Å²) in [4.78, 5) is 12.7. The van der Waals surface area contributed by atoms with E-state index < -0.39 is 7.26 Å². The highest BCUT2D eigenvalue weighted by molar-refractivity contribution is 7.95. The van der Waals surface area contributed by atoms with Crippen LogP contribution in [0.3, 0.4) is 0 Å². The van der Waals surface area contributed by atoms with Gasteiger partial charge in [-0.1, -0.05) is 68.4 Å². The van der Waals surface area contributed by atoms with Crippen molar-refractivity contribution in [1.82, 2.24) is 0 Å². The lowest BCUT2D eigenvalue weighted by Gasteiger charge is -2.28. The molecule has 0 heterocycles. The van der Waals surface area contributed by atoms with Gasteiger partial charge in [0, 0.05) is 5.92 Å². The smallest absolute Gasteiger partial charge is 0.309 e. The molecule has 3 aromatic carbocycles. The number of hydrogen-bond acceptors (Lipinski definition) is 2. The van der Waals surface area contributed by atoms with Gasteiger partial charge in [-0.2, -0.15) is 0 Å². The van der Waals surface area contributed by atoms with E-state index >= 15 is 0 Å². The van der Waals surface area contributed by atoms with Gasteiger partial charge in [0.25, 0.3) is 0 Å². The fourth-order valence-corrected chi connectivity index (χ4v) is 9.73. The van der Waals surface area contributed by atoms with Gasteiger partial charge in [0.15, 0.2) is 0 Å². The minimum absolute atomic E-state index is 0.0343. The van der Waals surface area contributed by atoms with E-state index in [1.807, 2.05) is 6.92 Å². The van der Waals surface area contributed by atoms with Gasteiger partial charge < -0.3 is 4.74 Å². The third-order valence-electron chi connectivity index (χ3n) is 6.65. The number of esters is 1. The van der Waals surface area contributed by atoms with Crippen LogP contribution in [0.5, 0.6) is 0 Å². The average Bonchev–Trinajstić information content (AvgIpc) is 3.33. The molecule has 1 aliphatic rings. The lowest BCUT2D eigenvalue weighted by molar-refractivity contribution is -0.145. The van der Waals surface area contributed by atoms with Crippen molar-refractivity contribution in [2.45, 2.75) is 20.8 Å². The molecule has 0 aliphatic heterocycles. The van der Waals surface area contributed by atoms with Crippen molar-refractivity contribution in [3.63, 3.8) is 0 Å². The summed E-state index contributed by atoms with van der Waals surface area (Å²) < 4.78 is 5.44. The van der Waals surface area contributed by atoms with Crippen molar-refractivity contribution < 1.29 is 9.53 Å². The van der Waals surface area contributed by atoms with E-state index in [2.05, 4.69) is 105 Å². The highest BCUT2D eigenvalue weighted by atomic mass is 31.2. The Kier molecular flexibility index (Phi) is 5.80. The van der Waals surface area contributed by atoms with Crippen LogP contribution in [-0.2, 0) is 9.53 Å². The normalized spacial score (nSPS) is 19.8. The fourth-order valence-electron chi connectivity index (χ4n) is 4.89. The second kappa shape index (κ2) is 8.36. The van der Waals surface area contributed by atoms with E-state index in [1.54, 1.807) is 0 Å². The molecule has 0 spiro atoms. The molecule has 0 aromatic heterocycles. The van der Waals surface area contributed by atoms with E-state index in [-0.39, 0.29) is 17.3 Å². The second-order valence-corrected chi connectivity index (χ2v) is 12.2. The van der Waals surface area contributed by atoms with E-state index in [1.165, 1.54) is 15.9 Å². The Bertz CT molecular complexity index is 886. The second-order valence-electron chi connectivity index (χ2n) is 8.66. The quantitative estimate of drug-likeness (QED) is 0.407. The molecule has 2 nitrogen and oxygen atoms in total. The lowest BCUT2D eigenvalue weighted by Crippen LogP contribution is -2.34. The van der Waals surface area contributed by atoms with Crippen molar-refractivity contribution in [2.75, 3.05) is 12.8 Å². The van der Waals surface area contributed by atoms with Gasteiger partial charge in [-0.3, -0.25) is 4.79 Å². The minimum atomic E-state index is -1.93.